The number of nitrogens with zero attached hydrogens (tertiary/aromatic N) is 2. The normalized spacial score (nSPS) is 23.6. The predicted molar refractivity (Wildman–Crippen MR) is 87.9 cm³/mol. The molecule has 3 aliphatic rings. The maximum atomic E-state index is 12.5. The predicted octanol–water partition coefficient (Wildman–Crippen LogP) is 2.55. The number of amides is 2. The maximum Gasteiger partial charge on any atom is 0.253 e. The number of hydrogen-bond acceptors (Lipinski definition) is 2. The van der Waals surface area contributed by atoms with Crippen molar-refractivity contribution in [1.82, 2.24) is 9.80 Å². The van der Waals surface area contributed by atoms with Gasteiger partial charge in [-0.3, -0.25) is 9.59 Å². The average Bonchev–Trinajstić information content (AvgIpc) is 3.34. The molecule has 1 spiro atoms. The van der Waals surface area contributed by atoms with Crippen LogP contribution in [0.1, 0.15) is 42.5 Å². The van der Waals surface area contributed by atoms with Crippen molar-refractivity contribution in [1.29, 1.82) is 0 Å². The van der Waals surface area contributed by atoms with Crippen LogP contribution < -0.4 is 0 Å². The third kappa shape index (κ3) is 2.99. The van der Waals surface area contributed by atoms with Crippen molar-refractivity contribution in [2.24, 2.45) is 11.3 Å². The van der Waals surface area contributed by atoms with E-state index in [-0.39, 0.29) is 11.3 Å². The van der Waals surface area contributed by atoms with E-state index >= 15 is 0 Å². The van der Waals surface area contributed by atoms with Gasteiger partial charge in [-0.15, -0.1) is 0 Å². The van der Waals surface area contributed by atoms with Crippen molar-refractivity contribution in [3.8, 4) is 0 Å². The first-order chi connectivity index (χ1) is 11.2. The van der Waals surface area contributed by atoms with Crippen LogP contribution in [0.5, 0.6) is 0 Å². The average molecular weight is 312 g/mol. The molecule has 4 heteroatoms. The highest BCUT2D eigenvalue weighted by Crippen LogP contribution is 2.42. The van der Waals surface area contributed by atoms with Gasteiger partial charge in [-0.25, -0.2) is 0 Å². The van der Waals surface area contributed by atoms with Crippen LogP contribution in [0.3, 0.4) is 0 Å². The Kier molecular flexibility index (Phi) is 3.63. The second-order valence-corrected chi connectivity index (χ2v) is 7.55. The molecule has 2 aliphatic heterocycles. The summed E-state index contributed by atoms with van der Waals surface area (Å²) in [7, 11) is 0. The Morgan fingerprint density at radius 1 is 1.13 bits per heavy atom. The fraction of sp³-hybridized carbons (Fsp3) is 0.579. The molecule has 0 radical (unpaired) electrons. The highest BCUT2D eigenvalue weighted by Gasteiger charge is 2.46. The summed E-state index contributed by atoms with van der Waals surface area (Å²) in [5, 5.41) is 0. The minimum atomic E-state index is 0.124. The zero-order valence-corrected chi connectivity index (χ0v) is 13.5. The second kappa shape index (κ2) is 5.66. The van der Waals surface area contributed by atoms with E-state index in [2.05, 4.69) is 4.90 Å². The molecule has 1 aromatic rings. The molecule has 2 heterocycles. The van der Waals surface area contributed by atoms with E-state index in [0.717, 1.165) is 50.5 Å². The number of piperidine rings is 1. The first-order valence-corrected chi connectivity index (χ1v) is 8.77. The Morgan fingerprint density at radius 2 is 1.83 bits per heavy atom. The summed E-state index contributed by atoms with van der Waals surface area (Å²) < 4.78 is 0. The van der Waals surface area contributed by atoms with Crippen molar-refractivity contribution in [2.45, 2.75) is 32.1 Å². The van der Waals surface area contributed by atoms with E-state index < -0.39 is 0 Å². The standard InChI is InChI=1S/C19H24N2O2/c22-17-12-19(14-21(17)13-15-6-7-15)8-10-20(11-9-19)18(23)16-4-2-1-3-5-16/h1-5,15H,6-14H2. The fourth-order valence-electron chi connectivity index (χ4n) is 4.04. The number of carbonyl (C=O) groups excluding carboxylic acids is 2. The van der Waals surface area contributed by atoms with Crippen molar-refractivity contribution < 1.29 is 9.59 Å². The molecule has 3 fully saturated rings. The number of benzene rings is 1. The molecule has 4 rings (SSSR count). The SMILES string of the molecule is O=C1CC2(CCN(C(=O)c3ccccc3)CC2)CN1CC1CC1. The Hall–Kier alpha value is -1.84. The van der Waals surface area contributed by atoms with E-state index in [0.29, 0.717) is 12.3 Å². The van der Waals surface area contributed by atoms with Gasteiger partial charge in [0.25, 0.3) is 5.91 Å². The van der Waals surface area contributed by atoms with Gasteiger partial charge in [-0.05, 0) is 43.7 Å². The van der Waals surface area contributed by atoms with Crippen LogP contribution in [0.25, 0.3) is 0 Å². The van der Waals surface area contributed by atoms with Crippen LogP contribution in [0.2, 0.25) is 0 Å². The second-order valence-electron chi connectivity index (χ2n) is 7.55. The molecule has 0 N–H and O–H groups in total. The van der Waals surface area contributed by atoms with Gasteiger partial charge in [-0.2, -0.15) is 0 Å². The summed E-state index contributed by atoms with van der Waals surface area (Å²) in [4.78, 5) is 28.9. The van der Waals surface area contributed by atoms with E-state index in [9.17, 15) is 9.59 Å². The molecule has 0 bridgehead atoms. The summed E-state index contributed by atoms with van der Waals surface area (Å²) in [6.07, 6.45) is 5.18. The van der Waals surface area contributed by atoms with Gasteiger partial charge in [0.1, 0.15) is 0 Å². The topological polar surface area (TPSA) is 40.6 Å². The molecule has 0 atom stereocenters. The van der Waals surface area contributed by atoms with Gasteiger partial charge < -0.3 is 9.80 Å². The Labute approximate surface area is 137 Å². The van der Waals surface area contributed by atoms with E-state index in [1.54, 1.807) is 0 Å². The Bertz CT molecular complexity index is 601. The molecule has 1 aromatic carbocycles. The maximum absolute atomic E-state index is 12.5. The van der Waals surface area contributed by atoms with Gasteiger partial charge in [0.15, 0.2) is 0 Å². The summed E-state index contributed by atoms with van der Waals surface area (Å²) in [5.41, 5.74) is 0.890. The number of carbonyl (C=O) groups is 2. The monoisotopic (exact) mass is 312 g/mol. The third-order valence-electron chi connectivity index (χ3n) is 5.71. The summed E-state index contributed by atoms with van der Waals surface area (Å²) in [6.45, 7) is 3.43. The lowest BCUT2D eigenvalue weighted by molar-refractivity contribution is -0.128. The van der Waals surface area contributed by atoms with Gasteiger partial charge >= 0.3 is 0 Å². The number of rotatable bonds is 3. The Morgan fingerprint density at radius 3 is 2.48 bits per heavy atom. The van der Waals surface area contributed by atoms with Crippen LogP contribution in [0.15, 0.2) is 30.3 Å². The first-order valence-electron chi connectivity index (χ1n) is 8.77. The zero-order chi connectivity index (χ0) is 15.9. The van der Waals surface area contributed by atoms with Crippen LogP contribution in [-0.2, 0) is 4.79 Å². The minimum Gasteiger partial charge on any atom is -0.342 e. The molecule has 0 aromatic heterocycles. The molecule has 23 heavy (non-hydrogen) atoms. The van der Waals surface area contributed by atoms with Gasteiger partial charge in [0.05, 0.1) is 0 Å². The van der Waals surface area contributed by atoms with E-state index in [1.807, 2.05) is 35.2 Å². The molecule has 1 aliphatic carbocycles. The Balaban J connectivity index is 1.37. The van der Waals surface area contributed by atoms with Crippen molar-refractivity contribution in [3.05, 3.63) is 35.9 Å². The van der Waals surface area contributed by atoms with Gasteiger partial charge in [0, 0.05) is 43.6 Å². The lowest BCUT2D eigenvalue weighted by atomic mass is 9.77. The lowest BCUT2D eigenvalue weighted by Crippen LogP contribution is -2.44. The third-order valence-corrected chi connectivity index (χ3v) is 5.71. The molecular weight excluding hydrogens is 288 g/mol. The highest BCUT2D eigenvalue weighted by atomic mass is 16.2. The quantitative estimate of drug-likeness (QED) is 0.860. The smallest absolute Gasteiger partial charge is 0.253 e. The number of likely N-dealkylation sites (tertiary alicyclic amines) is 2. The fourth-order valence-corrected chi connectivity index (χ4v) is 4.04. The molecule has 2 amide bonds. The van der Waals surface area contributed by atoms with E-state index in [4.69, 9.17) is 0 Å². The molecule has 122 valence electrons. The van der Waals surface area contributed by atoms with Crippen LogP contribution in [0, 0.1) is 11.3 Å². The summed E-state index contributed by atoms with van der Waals surface area (Å²) >= 11 is 0. The molecule has 4 nitrogen and oxygen atoms in total. The number of hydrogen-bond donors (Lipinski definition) is 0. The van der Waals surface area contributed by atoms with Crippen LogP contribution in [0.4, 0.5) is 0 Å². The largest absolute Gasteiger partial charge is 0.342 e. The molecule has 0 unspecified atom stereocenters. The van der Waals surface area contributed by atoms with Crippen molar-refractivity contribution in [2.75, 3.05) is 26.2 Å². The zero-order valence-electron chi connectivity index (χ0n) is 13.5. The molecular formula is C19H24N2O2. The molecule has 2 saturated heterocycles. The van der Waals surface area contributed by atoms with Crippen molar-refractivity contribution in [3.63, 3.8) is 0 Å². The summed E-state index contributed by atoms with van der Waals surface area (Å²) in [5.74, 6) is 1.22. The molecule has 1 saturated carbocycles. The van der Waals surface area contributed by atoms with Crippen LogP contribution >= 0.6 is 0 Å². The first kappa shape index (κ1) is 14.7. The van der Waals surface area contributed by atoms with Crippen LogP contribution in [-0.4, -0.2) is 47.8 Å². The van der Waals surface area contributed by atoms with Gasteiger partial charge in [0.2, 0.25) is 5.91 Å². The highest BCUT2D eigenvalue weighted by molar-refractivity contribution is 5.94. The summed E-state index contributed by atoms with van der Waals surface area (Å²) in [6, 6.07) is 9.50. The van der Waals surface area contributed by atoms with Gasteiger partial charge in [-0.1, -0.05) is 18.2 Å². The van der Waals surface area contributed by atoms with Crippen molar-refractivity contribution >= 4 is 11.8 Å². The minimum absolute atomic E-state index is 0.124. The lowest BCUT2D eigenvalue weighted by Gasteiger charge is -2.38. The van der Waals surface area contributed by atoms with E-state index in [1.165, 1.54) is 12.8 Å².